The topological polar surface area (TPSA) is 20.3 Å². The number of anilines is 1. The van der Waals surface area contributed by atoms with Gasteiger partial charge in [-0.25, -0.2) is 8.78 Å². The number of alkyl halides is 1. The van der Waals surface area contributed by atoms with E-state index in [1.807, 2.05) is 0 Å². The number of carbonyl (C=O) groups excluding carboxylic acids is 1. The van der Waals surface area contributed by atoms with Crippen molar-refractivity contribution in [1.82, 2.24) is 0 Å². The second kappa shape index (κ2) is 4.09. The molecular formula is C13H15F2NO. The lowest BCUT2D eigenvalue weighted by Crippen LogP contribution is -2.27. The number of carbonyl (C=O) groups is 1. The van der Waals surface area contributed by atoms with Crippen LogP contribution in [0, 0.1) is 5.82 Å². The van der Waals surface area contributed by atoms with E-state index in [0.717, 1.165) is 0 Å². The van der Waals surface area contributed by atoms with Crippen LogP contribution in [-0.2, 0) is 0 Å². The van der Waals surface area contributed by atoms with Crippen LogP contribution in [0.4, 0.5) is 14.5 Å². The molecule has 0 amide bonds. The molecule has 92 valence electrons. The third kappa shape index (κ3) is 2.30. The van der Waals surface area contributed by atoms with E-state index in [0.29, 0.717) is 18.7 Å². The fourth-order valence-electron chi connectivity index (χ4n) is 2.25. The summed E-state index contributed by atoms with van der Waals surface area (Å²) in [5.74, 6) is -0.868. The van der Waals surface area contributed by atoms with Crippen molar-refractivity contribution in [3.8, 4) is 0 Å². The number of ketones is 1. The van der Waals surface area contributed by atoms with Gasteiger partial charge in [-0.05, 0) is 26.0 Å². The second-order valence-corrected chi connectivity index (χ2v) is 4.78. The van der Waals surface area contributed by atoms with Crippen LogP contribution in [0.3, 0.4) is 0 Å². The third-order valence-electron chi connectivity index (χ3n) is 3.11. The minimum atomic E-state index is -1.26. The highest BCUT2D eigenvalue weighted by Crippen LogP contribution is 2.32. The molecule has 1 aromatic carbocycles. The Balaban J connectivity index is 2.40. The minimum Gasteiger partial charge on any atom is -0.368 e. The number of benzene rings is 1. The van der Waals surface area contributed by atoms with E-state index >= 15 is 0 Å². The lowest BCUT2D eigenvalue weighted by Gasteiger charge is -2.22. The first-order chi connectivity index (χ1) is 7.91. The van der Waals surface area contributed by atoms with E-state index in [9.17, 15) is 13.6 Å². The maximum atomic E-state index is 13.8. The summed E-state index contributed by atoms with van der Waals surface area (Å²) in [7, 11) is 0. The zero-order valence-corrected chi connectivity index (χ0v) is 9.96. The van der Waals surface area contributed by atoms with Gasteiger partial charge in [0.05, 0.1) is 17.8 Å². The van der Waals surface area contributed by atoms with Gasteiger partial charge < -0.3 is 4.90 Å². The van der Waals surface area contributed by atoms with Crippen molar-refractivity contribution < 1.29 is 13.6 Å². The van der Waals surface area contributed by atoms with E-state index in [1.165, 1.54) is 19.9 Å². The maximum absolute atomic E-state index is 13.8. The smallest absolute Gasteiger partial charge is 0.164 e. The van der Waals surface area contributed by atoms with Crippen molar-refractivity contribution in [2.24, 2.45) is 0 Å². The van der Waals surface area contributed by atoms with Gasteiger partial charge in [0, 0.05) is 13.0 Å². The molecule has 2 nitrogen and oxygen atoms in total. The van der Waals surface area contributed by atoms with Crippen molar-refractivity contribution >= 4 is 11.5 Å². The first kappa shape index (κ1) is 12.0. The first-order valence-corrected chi connectivity index (χ1v) is 5.64. The minimum absolute atomic E-state index is 0.0604. The van der Waals surface area contributed by atoms with E-state index in [-0.39, 0.29) is 17.9 Å². The summed E-state index contributed by atoms with van der Waals surface area (Å²) in [6.45, 7) is 3.57. The van der Waals surface area contributed by atoms with Crippen LogP contribution >= 0.6 is 0 Å². The van der Waals surface area contributed by atoms with Gasteiger partial charge in [0.15, 0.2) is 5.78 Å². The summed E-state index contributed by atoms with van der Waals surface area (Å²) in [6.07, 6.45) is 0.404. The van der Waals surface area contributed by atoms with Gasteiger partial charge in [0.2, 0.25) is 0 Å². The highest BCUT2D eigenvalue weighted by atomic mass is 19.1. The molecule has 0 aliphatic carbocycles. The van der Waals surface area contributed by atoms with Crippen LogP contribution in [0.15, 0.2) is 18.2 Å². The Morgan fingerprint density at radius 3 is 2.71 bits per heavy atom. The van der Waals surface area contributed by atoms with Gasteiger partial charge in [-0.1, -0.05) is 6.07 Å². The molecule has 1 aromatic rings. The molecule has 1 aliphatic heterocycles. The normalized spacial score (nSPS) is 24.1. The fraction of sp³-hybridized carbons (Fsp3) is 0.462. The molecule has 17 heavy (non-hydrogen) atoms. The van der Waals surface area contributed by atoms with Crippen molar-refractivity contribution in [3.05, 3.63) is 29.6 Å². The third-order valence-corrected chi connectivity index (χ3v) is 3.11. The van der Waals surface area contributed by atoms with Gasteiger partial charge in [-0.2, -0.15) is 0 Å². The van der Waals surface area contributed by atoms with Gasteiger partial charge in [-0.15, -0.1) is 0 Å². The largest absolute Gasteiger partial charge is 0.368 e. The Bertz CT molecular complexity index is 457. The summed E-state index contributed by atoms with van der Waals surface area (Å²) >= 11 is 0. The van der Waals surface area contributed by atoms with E-state index < -0.39 is 11.5 Å². The van der Waals surface area contributed by atoms with Gasteiger partial charge in [-0.3, -0.25) is 4.79 Å². The van der Waals surface area contributed by atoms with Crippen molar-refractivity contribution in [3.63, 3.8) is 0 Å². The number of nitrogens with zero attached hydrogens (tertiary/aromatic N) is 1. The van der Waals surface area contributed by atoms with Crippen molar-refractivity contribution in [2.75, 3.05) is 18.0 Å². The number of rotatable bonds is 2. The summed E-state index contributed by atoms with van der Waals surface area (Å²) in [5, 5.41) is 0. The zero-order chi connectivity index (χ0) is 12.6. The van der Waals surface area contributed by atoms with E-state index in [4.69, 9.17) is 0 Å². The fourth-order valence-corrected chi connectivity index (χ4v) is 2.25. The van der Waals surface area contributed by atoms with Crippen molar-refractivity contribution in [1.29, 1.82) is 0 Å². The number of hydrogen-bond donors (Lipinski definition) is 0. The monoisotopic (exact) mass is 239 g/mol. The average molecular weight is 239 g/mol. The summed E-state index contributed by atoms with van der Waals surface area (Å²) in [4.78, 5) is 13.2. The van der Waals surface area contributed by atoms with Gasteiger partial charge in [0.1, 0.15) is 11.5 Å². The molecule has 0 unspecified atom stereocenters. The number of hydrogen-bond acceptors (Lipinski definition) is 2. The van der Waals surface area contributed by atoms with Crippen molar-refractivity contribution in [2.45, 2.75) is 25.9 Å². The van der Waals surface area contributed by atoms with Crippen LogP contribution in [-0.4, -0.2) is 24.5 Å². The van der Waals surface area contributed by atoms with Crippen LogP contribution in [0.5, 0.6) is 0 Å². The van der Waals surface area contributed by atoms with Crippen LogP contribution in [0.1, 0.15) is 30.6 Å². The molecule has 1 saturated heterocycles. The molecule has 0 N–H and O–H groups in total. The lowest BCUT2D eigenvalue weighted by atomic mass is 10.1. The maximum Gasteiger partial charge on any atom is 0.164 e. The van der Waals surface area contributed by atoms with E-state index in [1.54, 1.807) is 17.0 Å². The Labute approximate surface area is 99.2 Å². The van der Waals surface area contributed by atoms with Gasteiger partial charge >= 0.3 is 0 Å². The Hall–Kier alpha value is -1.45. The summed E-state index contributed by atoms with van der Waals surface area (Å²) in [5.41, 5.74) is -0.704. The molecule has 1 heterocycles. The van der Waals surface area contributed by atoms with E-state index in [2.05, 4.69) is 0 Å². The molecule has 0 bridgehead atoms. The SMILES string of the molecule is CC(=O)c1c(F)cccc1N1CC[C@@](C)(F)C1. The Morgan fingerprint density at radius 1 is 1.47 bits per heavy atom. The standard InChI is InChI=1S/C13H15F2NO/c1-9(17)12-10(14)4-3-5-11(12)16-7-6-13(2,15)8-16/h3-5H,6-8H2,1-2H3/t13-/m1/s1. The highest BCUT2D eigenvalue weighted by Gasteiger charge is 2.35. The molecule has 0 saturated carbocycles. The van der Waals surface area contributed by atoms with Crippen LogP contribution < -0.4 is 4.90 Å². The van der Waals surface area contributed by atoms with Crippen LogP contribution in [0.25, 0.3) is 0 Å². The lowest BCUT2D eigenvalue weighted by molar-refractivity contribution is 0.101. The van der Waals surface area contributed by atoms with Crippen LogP contribution in [0.2, 0.25) is 0 Å². The molecule has 1 aliphatic rings. The quantitative estimate of drug-likeness (QED) is 0.739. The molecule has 0 spiro atoms. The predicted molar refractivity (Wildman–Crippen MR) is 62.7 cm³/mol. The first-order valence-electron chi connectivity index (χ1n) is 5.64. The molecule has 1 fully saturated rings. The molecule has 2 rings (SSSR count). The molecule has 1 atom stereocenters. The molecule has 0 aromatic heterocycles. The number of halogens is 2. The Morgan fingerprint density at radius 2 is 2.18 bits per heavy atom. The molecule has 4 heteroatoms. The predicted octanol–water partition coefficient (Wildman–Crippen LogP) is 2.97. The zero-order valence-electron chi connectivity index (χ0n) is 9.96. The average Bonchev–Trinajstić information content (AvgIpc) is 2.57. The molecule has 0 radical (unpaired) electrons. The highest BCUT2D eigenvalue weighted by molar-refractivity contribution is 6.00. The summed E-state index contributed by atoms with van der Waals surface area (Å²) in [6, 6.07) is 4.47. The second-order valence-electron chi connectivity index (χ2n) is 4.78. The Kier molecular flexibility index (Phi) is 2.89. The van der Waals surface area contributed by atoms with Gasteiger partial charge in [0.25, 0.3) is 0 Å². The summed E-state index contributed by atoms with van der Waals surface area (Å²) < 4.78 is 27.4. The molecular weight excluding hydrogens is 224 g/mol. The number of Topliss-reactive ketones (excluding diaryl/α,β-unsaturated/α-hetero) is 1.